The summed E-state index contributed by atoms with van der Waals surface area (Å²) in [4.78, 5) is 40.8. The van der Waals surface area contributed by atoms with Gasteiger partial charge in [-0.1, -0.05) is 11.8 Å². The molecule has 1 amide bonds. The van der Waals surface area contributed by atoms with Crippen LogP contribution in [0.5, 0.6) is 5.75 Å². The van der Waals surface area contributed by atoms with Gasteiger partial charge in [-0.2, -0.15) is 0 Å². The molecule has 224 valence electrons. The van der Waals surface area contributed by atoms with Crippen LogP contribution < -0.4 is 10.5 Å². The SMILES string of the molecule is CN(C)[C@@H]1C(O)=C(C(N)=O)C(=O)[C@@]2(O)C(O)=C3C(=O)c4c(O)ccc(C#Cc5ccc(NS(C)(=O)=O)cc5)c4C[C@H]3C[C@@H]12. The quantitative estimate of drug-likeness (QED) is 0.214. The second-order valence-electron chi connectivity index (χ2n) is 11.2. The molecule has 0 bridgehead atoms. The summed E-state index contributed by atoms with van der Waals surface area (Å²) in [5.41, 5.74) is 3.11. The third-order valence-corrected chi connectivity index (χ3v) is 8.74. The Morgan fingerprint density at radius 1 is 1.07 bits per heavy atom. The van der Waals surface area contributed by atoms with Gasteiger partial charge in [0.15, 0.2) is 11.4 Å². The number of likely N-dealkylation sites (N-methyl/N-ethyl adjacent to an activating group) is 1. The molecule has 0 radical (unpaired) electrons. The second kappa shape index (κ2) is 10.3. The highest BCUT2D eigenvalue weighted by Crippen LogP contribution is 2.52. The molecule has 0 spiro atoms. The van der Waals surface area contributed by atoms with Gasteiger partial charge in [-0.3, -0.25) is 24.0 Å². The molecule has 43 heavy (non-hydrogen) atoms. The van der Waals surface area contributed by atoms with Gasteiger partial charge in [0.2, 0.25) is 15.8 Å². The zero-order valence-corrected chi connectivity index (χ0v) is 24.2. The predicted octanol–water partition coefficient (Wildman–Crippen LogP) is 0.892. The van der Waals surface area contributed by atoms with Gasteiger partial charge in [0.25, 0.3) is 5.91 Å². The lowest BCUT2D eigenvalue weighted by Crippen LogP contribution is -2.63. The minimum absolute atomic E-state index is 0.0386. The lowest BCUT2D eigenvalue weighted by atomic mass is 9.58. The van der Waals surface area contributed by atoms with Gasteiger partial charge in [0, 0.05) is 28.3 Å². The Morgan fingerprint density at radius 2 is 1.72 bits per heavy atom. The lowest BCUT2D eigenvalue weighted by molar-refractivity contribution is -0.148. The molecule has 0 unspecified atom stereocenters. The van der Waals surface area contributed by atoms with E-state index in [9.17, 15) is 43.2 Å². The van der Waals surface area contributed by atoms with Crippen LogP contribution in [0, 0.1) is 23.7 Å². The summed E-state index contributed by atoms with van der Waals surface area (Å²) in [6.07, 6.45) is 1.10. The summed E-state index contributed by atoms with van der Waals surface area (Å²) >= 11 is 0. The van der Waals surface area contributed by atoms with Crippen molar-refractivity contribution in [1.82, 2.24) is 4.90 Å². The first-order valence-corrected chi connectivity index (χ1v) is 15.0. The van der Waals surface area contributed by atoms with Crippen molar-refractivity contribution in [2.45, 2.75) is 24.5 Å². The molecular formula is C30H29N3O9S. The number of nitrogens with one attached hydrogen (secondary N) is 1. The molecule has 3 aliphatic rings. The highest BCUT2D eigenvalue weighted by molar-refractivity contribution is 7.92. The maximum Gasteiger partial charge on any atom is 0.255 e. The first kappa shape index (κ1) is 29.8. The molecule has 13 heteroatoms. The van der Waals surface area contributed by atoms with Crippen LogP contribution in [0.2, 0.25) is 0 Å². The van der Waals surface area contributed by atoms with Crippen LogP contribution in [0.4, 0.5) is 5.69 Å². The maximum atomic E-state index is 13.8. The van der Waals surface area contributed by atoms with Crippen molar-refractivity contribution < 1.29 is 43.2 Å². The number of primary amides is 1. The van der Waals surface area contributed by atoms with Crippen molar-refractivity contribution in [3.05, 3.63) is 81.3 Å². The number of carbonyl (C=O) groups excluding carboxylic acids is 3. The normalized spacial score (nSPS) is 25.0. The smallest absolute Gasteiger partial charge is 0.255 e. The number of Topliss-reactive ketones (excluding diaryl/α,β-unsaturated/α-hetero) is 2. The van der Waals surface area contributed by atoms with Gasteiger partial charge in [0.1, 0.15) is 22.8 Å². The summed E-state index contributed by atoms with van der Waals surface area (Å²) in [5, 5.41) is 44.6. The maximum absolute atomic E-state index is 13.8. The fraction of sp³-hybridized carbons (Fsp3) is 0.300. The van der Waals surface area contributed by atoms with Crippen LogP contribution in [0.15, 0.2) is 59.1 Å². The first-order valence-electron chi connectivity index (χ1n) is 13.2. The van der Waals surface area contributed by atoms with Gasteiger partial charge in [-0.05, 0) is 74.8 Å². The van der Waals surface area contributed by atoms with Crippen molar-refractivity contribution in [3.8, 4) is 17.6 Å². The lowest BCUT2D eigenvalue weighted by Gasteiger charge is -2.50. The number of nitrogens with two attached hydrogens (primary N) is 1. The number of sulfonamides is 1. The van der Waals surface area contributed by atoms with Gasteiger partial charge in [-0.15, -0.1) is 0 Å². The molecule has 3 aliphatic carbocycles. The van der Waals surface area contributed by atoms with Crippen molar-refractivity contribution in [3.63, 3.8) is 0 Å². The van der Waals surface area contributed by atoms with Crippen LogP contribution in [0.3, 0.4) is 0 Å². The fourth-order valence-corrected chi connectivity index (χ4v) is 6.91. The van der Waals surface area contributed by atoms with Gasteiger partial charge in [0.05, 0.1) is 17.9 Å². The zero-order valence-electron chi connectivity index (χ0n) is 23.4. The molecule has 5 rings (SSSR count). The van der Waals surface area contributed by atoms with Crippen LogP contribution >= 0.6 is 0 Å². The summed E-state index contributed by atoms with van der Waals surface area (Å²) < 4.78 is 25.3. The molecular weight excluding hydrogens is 578 g/mol. The molecule has 0 heterocycles. The highest BCUT2D eigenvalue weighted by Gasteiger charge is 2.63. The topological polar surface area (TPSA) is 208 Å². The average Bonchev–Trinajstić information content (AvgIpc) is 2.90. The number of nitrogens with zero attached hydrogens (tertiary/aromatic N) is 1. The average molecular weight is 608 g/mol. The molecule has 0 aliphatic heterocycles. The van der Waals surface area contributed by atoms with Crippen LogP contribution in [-0.4, -0.2) is 83.2 Å². The molecule has 12 nitrogen and oxygen atoms in total. The van der Waals surface area contributed by atoms with Gasteiger partial charge in [-0.25, -0.2) is 8.42 Å². The molecule has 0 aromatic heterocycles. The number of aliphatic hydroxyl groups is 3. The Bertz CT molecular complexity index is 1830. The number of phenolic OH excluding ortho intramolecular Hbond substituents is 1. The van der Waals surface area contributed by atoms with Crippen LogP contribution in [0.25, 0.3) is 0 Å². The van der Waals surface area contributed by atoms with Crippen molar-refractivity contribution in [2.75, 3.05) is 25.1 Å². The molecule has 4 atom stereocenters. The summed E-state index contributed by atoms with van der Waals surface area (Å²) in [6, 6.07) is 8.05. The van der Waals surface area contributed by atoms with E-state index in [1.54, 1.807) is 44.4 Å². The predicted molar refractivity (Wildman–Crippen MR) is 155 cm³/mol. The molecule has 0 fully saturated rings. The molecule has 2 aromatic rings. The van der Waals surface area contributed by atoms with E-state index >= 15 is 0 Å². The monoisotopic (exact) mass is 607 g/mol. The van der Waals surface area contributed by atoms with E-state index < -0.39 is 68.1 Å². The van der Waals surface area contributed by atoms with Crippen molar-refractivity contribution in [2.24, 2.45) is 17.6 Å². The zero-order chi connectivity index (χ0) is 31.6. The van der Waals surface area contributed by atoms with Crippen LogP contribution in [-0.2, 0) is 26.0 Å². The highest BCUT2D eigenvalue weighted by atomic mass is 32.2. The molecule has 0 saturated carbocycles. The van der Waals surface area contributed by atoms with Crippen molar-refractivity contribution in [1.29, 1.82) is 0 Å². The Hall–Kier alpha value is -4.64. The largest absolute Gasteiger partial charge is 0.510 e. The van der Waals surface area contributed by atoms with E-state index in [1.807, 2.05) is 0 Å². The standard InChI is InChI=1S/C30H29N3O9S/c1-33(2)24-19-13-16-12-18-15(7-4-14-5-9-17(10-6-14)32-43(3,41)42)8-11-20(34)22(18)25(35)21(16)27(37)30(19,40)28(38)23(26(24)36)29(31)39/h5-6,8-11,16,19,24,32,34,36-37,40H,12-13H2,1-3H3,(H2,31,39)/t16-,19-,24-,30-/m0/s1. The van der Waals surface area contributed by atoms with E-state index in [0.717, 1.165) is 6.26 Å². The van der Waals surface area contributed by atoms with E-state index in [0.29, 0.717) is 22.4 Å². The number of allylic oxidation sites excluding steroid dienone is 1. The number of benzene rings is 2. The van der Waals surface area contributed by atoms with E-state index in [4.69, 9.17) is 5.73 Å². The van der Waals surface area contributed by atoms with Gasteiger partial charge < -0.3 is 26.2 Å². The summed E-state index contributed by atoms with van der Waals surface area (Å²) in [6.45, 7) is 0. The number of carbonyl (C=O) groups is 3. The number of amides is 1. The molecule has 0 saturated heterocycles. The Balaban J connectivity index is 1.59. The number of hydrogen-bond donors (Lipinski definition) is 6. The fourth-order valence-electron chi connectivity index (χ4n) is 6.34. The van der Waals surface area contributed by atoms with Gasteiger partial charge >= 0.3 is 0 Å². The minimum atomic E-state index is -3.45. The molecule has 2 aromatic carbocycles. The Morgan fingerprint density at radius 3 is 2.30 bits per heavy atom. The minimum Gasteiger partial charge on any atom is -0.510 e. The number of hydrogen-bond acceptors (Lipinski definition) is 10. The van der Waals surface area contributed by atoms with E-state index in [-0.39, 0.29) is 29.7 Å². The number of anilines is 1. The Labute approximate surface area is 247 Å². The first-order chi connectivity index (χ1) is 20.1. The number of aliphatic hydroxyl groups excluding tert-OH is 2. The van der Waals surface area contributed by atoms with E-state index in [1.165, 1.54) is 11.0 Å². The second-order valence-corrected chi connectivity index (χ2v) is 12.9. The Kier molecular flexibility index (Phi) is 7.12. The summed E-state index contributed by atoms with van der Waals surface area (Å²) in [5.74, 6) is -1.26. The number of ketones is 2. The van der Waals surface area contributed by atoms with Crippen LogP contribution in [0.1, 0.15) is 33.5 Å². The van der Waals surface area contributed by atoms with E-state index in [2.05, 4.69) is 16.6 Å². The molecule has 7 N–H and O–H groups in total. The number of aromatic hydroxyl groups is 1. The number of phenols is 1. The number of rotatable bonds is 4. The third kappa shape index (κ3) is 4.83. The third-order valence-electron chi connectivity index (χ3n) is 8.14. The van der Waals surface area contributed by atoms with Crippen molar-refractivity contribution >= 4 is 33.2 Å². The summed E-state index contributed by atoms with van der Waals surface area (Å²) in [7, 11) is -0.331. The number of fused-ring (bicyclic) bond motifs is 3.